The number of phenols is 1. The summed E-state index contributed by atoms with van der Waals surface area (Å²) >= 11 is 1.46. The van der Waals surface area contributed by atoms with Gasteiger partial charge in [-0.3, -0.25) is 9.69 Å². The Balaban J connectivity index is 1.51. The molecule has 1 aliphatic heterocycles. The molecule has 1 saturated heterocycles. The molecule has 0 unspecified atom stereocenters. The molecule has 0 saturated carbocycles. The minimum absolute atomic E-state index is 0.0251. The number of thiophene rings is 1. The van der Waals surface area contributed by atoms with E-state index in [-0.39, 0.29) is 17.7 Å². The SMILES string of the molecule is COc1cccc(N(C(=O)c2cccs2)C2CCN(Cc3cccc(OC)c3O)CC2)c1. The number of piperidine rings is 1. The van der Waals surface area contributed by atoms with Crippen LogP contribution in [-0.4, -0.2) is 49.3 Å². The van der Waals surface area contributed by atoms with Crippen molar-refractivity contribution in [2.24, 2.45) is 0 Å². The van der Waals surface area contributed by atoms with Crippen molar-refractivity contribution in [2.75, 3.05) is 32.2 Å². The molecule has 4 rings (SSSR count). The van der Waals surface area contributed by atoms with E-state index in [4.69, 9.17) is 9.47 Å². The number of amides is 1. The zero-order valence-corrected chi connectivity index (χ0v) is 19.2. The lowest BCUT2D eigenvalue weighted by molar-refractivity contribution is 0.0962. The fourth-order valence-corrected chi connectivity index (χ4v) is 4.87. The summed E-state index contributed by atoms with van der Waals surface area (Å²) in [4.78, 5) is 18.4. The first-order chi connectivity index (χ1) is 15.6. The Morgan fingerprint density at radius 3 is 2.56 bits per heavy atom. The van der Waals surface area contributed by atoms with E-state index in [1.165, 1.54) is 11.3 Å². The molecule has 0 atom stereocenters. The van der Waals surface area contributed by atoms with E-state index in [0.29, 0.717) is 12.3 Å². The number of ether oxygens (including phenoxy) is 2. The van der Waals surface area contributed by atoms with Crippen LogP contribution in [0.5, 0.6) is 17.2 Å². The molecular weight excluding hydrogens is 424 g/mol. The standard InChI is InChI=1S/C25H28N2O4S/c1-30-21-8-4-7-20(16-21)27(25(29)23-10-5-15-32-23)19-11-13-26(14-12-19)17-18-6-3-9-22(31-2)24(18)28/h3-10,15-16,19,28H,11-14,17H2,1-2H3. The molecular formula is C25H28N2O4S. The van der Waals surface area contributed by atoms with Gasteiger partial charge < -0.3 is 19.5 Å². The number of benzene rings is 2. The second-order valence-corrected chi connectivity index (χ2v) is 8.78. The third-order valence-corrected chi connectivity index (χ3v) is 6.76. The predicted molar refractivity (Wildman–Crippen MR) is 127 cm³/mol. The Bertz CT molecular complexity index is 1050. The molecule has 0 radical (unpaired) electrons. The van der Waals surface area contributed by atoms with Crippen LogP contribution in [0.15, 0.2) is 60.0 Å². The maximum atomic E-state index is 13.4. The van der Waals surface area contributed by atoms with Gasteiger partial charge in [0.1, 0.15) is 5.75 Å². The number of hydrogen-bond acceptors (Lipinski definition) is 6. The molecule has 1 N–H and O–H groups in total. The van der Waals surface area contributed by atoms with Crippen LogP contribution in [0.3, 0.4) is 0 Å². The molecule has 1 aliphatic rings. The Labute approximate surface area is 192 Å². The number of phenolic OH excluding ortho intramolecular Hbond substituents is 1. The number of anilines is 1. The molecule has 168 valence electrons. The highest BCUT2D eigenvalue weighted by Crippen LogP contribution is 2.33. The van der Waals surface area contributed by atoms with Crippen LogP contribution in [0.2, 0.25) is 0 Å². The summed E-state index contributed by atoms with van der Waals surface area (Å²) in [5.41, 5.74) is 1.70. The van der Waals surface area contributed by atoms with Crippen LogP contribution < -0.4 is 14.4 Å². The average molecular weight is 453 g/mol. The minimum atomic E-state index is 0.0251. The summed E-state index contributed by atoms with van der Waals surface area (Å²) in [6.07, 6.45) is 1.69. The summed E-state index contributed by atoms with van der Waals surface area (Å²) in [5.74, 6) is 1.45. The van der Waals surface area contributed by atoms with Gasteiger partial charge in [0.25, 0.3) is 5.91 Å². The normalized spacial score (nSPS) is 14.8. The number of carbonyl (C=O) groups is 1. The van der Waals surface area contributed by atoms with Gasteiger partial charge in [0, 0.05) is 43.0 Å². The smallest absolute Gasteiger partial charge is 0.268 e. The minimum Gasteiger partial charge on any atom is -0.504 e. The Morgan fingerprint density at radius 2 is 1.88 bits per heavy atom. The first kappa shape index (κ1) is 22.2. The molecule has 0 bridgehead atoms. The molecule has 0 spiro atoms. The number of likely N-dealkylation sites (tertiary alicyclic amines) is 1. The van der Waals surface area contributed by atoms with Crippen molar-refractivity contribution >= 4 is 22.9 Å². The quantitative estimate of drug-likeness (QED) is 0.559. The number of carbonyl (C=O) groups excluding carboxylic acids is 1. The van der Waals surface area contributed by atoms with Crippen LogP contribution >= 0.6 is 11.3 Å². The molecule has 32 heavy (non-hydrogen) atoms. The molecule has 1 aromatic heterocycles. The summed E-state index contributed by atoms with van der Waals surface area (Å²) in [6.45, 7) is 2.31. The van der Waals surface area contributed by atoms with Crippen LogP contribution in [0, 0.1) is 0 Å². The number of para-hydroxylation sites is 1. The second kappa shape index (κ2) is 10.1. The Hall–Kier alpha value is -3.03. The molecule has 2 aromatic carbocycles. The van der Waals surface area contributed by atoms with E-state index in [9.17, 15) is 9.90 Å². The first-order valence-electron chi connectivity index (χ1n) is 10.7. The summed E-state index contributed by atoms with van der Waals surface area (Å²) in [5, 5.41) is 12.4. The van der Waals surface area contributed by atoms with Crippen molar-refractivity contribution in [2.45, 2.75) is 25.4 Å². The van der Waals surface area contributed by atoms with Gasteiger partial charge in [0.05, 0.1) is 19.1 Å². The fourth-order valence-electron chi connectivity index (χ4n) is 4.21. The van der Waals surface area contributed by atoms with Gasteiger partial charge in [-0.05, 0) is 42.5 Å². The molecule has 1 fully saturated rings. The van der Waals surface area contributed by atoms with E-state index < -0.39 is 0 Å². The maximum Gasteiger partial charge on any atom is 0.268 e. The van der Waals surface area contributed by atoms with Crippen molar-refractivity contribution in [3.8, 4) is 17.2 Å². The van der Waals surface area contributed by atoms with Gasteiger partial charge in [-0.15, -0.1) is 11.3 Å². The van der Waals surface area contributed by atoms with Gasteiger partial charge in [-0.1, -0.05) is 24.3 Å². The van der Waals surface area contributed by atoms with Crippen molar-refractivity contribution in [1.82, 2.24) is 4.90 Å². The first-order valence-corrected chi connectivity index (χ1v) is 11.6. The predicted octanol–water partition coefficient (Wildman–Crippen LogP) is 4.78. The van der Waals surface area contributed by atoms with Crippen molar-refractivity contribution in [3.05, 3.63) is 70.4 Å². The van der Waals surface area contributed by atoms with Crippen LogP contribution in [0.1, 0.15) is 28.1 Å². The lowest BCUT2D eigenvalue weighted by atomic mass is 10.0. The number of nitrogens with zero attached hydrogens (tertiary/aromatic N) is 2. The van der Waals surface area contributed by atoms with Gasteiger partial charge in [-0.2, -0.15) is 0 Å². The van der Waals surface area contributed by atoms with Crippen LogP contribution in [0.4, 0.5) is 5.69 Å². The van der Waals surface area contributed by atoms with E-state index >= 15 is 0 Å². The lowest BCUT2D eigenvalue weighted by Gasteiger charge is -2.38. The lowest BCUT2D eigenvalue weighted by Crippen LogP contribution is -2.47. The van der Waals surface area contributed by atoms with Crippen LogP contribution in [-0.2, 0) is 6.54 Å². The Morgan fingerprint density at radius 1 is 1.09 bits per heavy atom. The molecule has 1 amide bonds. The summed E-state index contributed by atoms with van der Waals surface area (Å²) in [7, 11) is 3.19. The monoisotopic (exact) mass is 452 g/mol. The third-order valence-electron chi connectivity index (χ3n) is 5.90. The summed E-state index contributed by atoms with van der Waals surface area (Å²) in [6, 6.07) is 17.1. The maximum absolute atomic E-state index is 13.4. The van der Waals surface area contributed by atoms with Crippen molar-refractivity contribution < 1.29 is 19.4 Å². The average Bonchev–Trinajstić information content (AvgIpc) is 3.37. The zero-order valence-electron chi connectivity index (χ0n) is 18.4. The highest BCUT2D eigenvalue weighted by Gasteiger charge is 2.31. The molecule has 3 aromatic rings. The molecule has 7 heteroatoms. The van der Waals surface area contributed by atoms with Crippen molar-refractivity contribution in [3.63, 3.8) is 0 Å². The largest absolute Gasteiger partial charge is 0.504 e. The Kier molecular flexibility index (Phi) is 6.97. The third kappa shape index (κ3) is 4.74. The van der Waals surface area contributed by atoms with E-state index in [2.05, 4.69) is 4.90 Å². The van der Waals surface area contributed by atoms with Crippen molar-refractivity contribution in [1.29, 1.82) is 0 Å². The summed E-state index contributed by atoms with van der Waals surface area (Å²) < 4.78 is 10.6. The number of methoxy groups -OCH3 is 2. The highest BCUT2D eigenvalue weighted by atomic mass is 32.1. The van der Waals surface area contributed by atoms with Crippen LogP contribution in [0.25, 0.3) is 0 Å². The second-order valence-electron chi connectivity index (χ2n) is 7.83. The highest BCUT2D eigenvalue weighted by molar-refractivity contribution is 7.12. The molecule has 0 aliphatic carbocycles. The molecule has 2 heterocycles. The van der Waals surface area contributed by atoms with Gasteiger partial charge in [0.2, 0.25) is 0 Å². The zero-order chi connectivity index (χ0) is 22.5. The van der Waals surface area contributed by atoms with Gasteiger partial charge >= 0.3 is 0 Å². The van der Waals surface area contributed by atoms with E-state index in [1.807, 2.05) is 58.8 Å². The topological polar surface area (TPSA) is 62.2 Å². The van der Waals surface area contributed by atoms with E-state index in [1.54, 1.807) is 20.3 Å². The number of hydrogen-bond donors (Lipinski definition) is 1. The molecule has 6 nitrogen and oxygen atoms in total. The number of rotatable bonds is 7. The van der Waals surface area contributed by atoms with Gasteiger partial charge in [0.15, 0.2) is 11.5 Å². The van der Waals surface area contributed by atoms with Gasteiger partial charge in [-0.25, -0.2) is 0 Å². The fraction of sp³-hybridized carbons (Fsp3) is 0.320. The van der Waals surface area contributed by atoms with E-state index in [0.717, 1.165) is 47.8 Å². The number of aromatic hydroxyl groups is 1.